The van der Waals surface area contributed by atoms with Crippen LogP contribution in [0.1, 0.15) is 37.0 Å². The van der Waals surface area contributed by atoms with E-state index >= 15 is 4.39 Å². The van der Waals surface area contributed by atoms with Gasteiger partial charge >= 0.3 is 6.18 Å². The third-order valence-electron chi connectivity index (χ3n) is 6.06. The molecule has 34 heavy (non-hydrogen) atoms. The normalized spacial score (nSPS) is 21.8. The number of benzene rings is 2. The van der Waals surface area contributed by atoms with E-state index in [9.17, 15) is 22.4 Å². The van der Waals surface area contributed by atoms with E-state index in [0.717, 1.165) is 12.1 Å². The maximum Gasteiger partial charge on any atom is 0.435 e. The predicted octanol–water partition coefficient (Wildman–Crippen LogP) is 6.38. The van der Waals surface area contributed by atoms with E-state index in [-0.39, 0.29) is 30.6 Å². The first-order valence-corrected chi connectivity index (χ1v) is 11.1. The van der Waals surface area contributed by atoms with Crippen molar-refractivity contribution in [2.45, 2.75) is 37.7 Å². The summed E-state index contributed by atoms with van der Waals surface area (Å²) in [7, 11) is 0. The van der Waals surface area contributed by atoms with Crippen LogP contribution in [0, 0.1) is 11.7 Å². The molecule has 1 fully saturated rings. The topological polar surface area (TPSA) is 41.9 Å². The molecule has 0 aromatic heterocycles. The Hall–Kier alpha value is -2.39. The summed E-state index contributed by atoms with van der Waals surface area (Å²) >= 11 is 11.4. The number of hydrogen-bond donors (Lipinski definition) is 0. The van der Waals surface area contributed by atoms with Crippen LogP contribution < -0.4 is 0 Å². The molecule has 2 heterocycles. The van der Waals surface area contributed by atoms with Gasteiger partial charge in [0.15, 0.2) is 11.5 Å². The van der Waals surface area contributed by atoms with Crippen molar-refractivity contribution in [3.05, 3.63) is 69.0 Å². The first kappa shape index (κ1) is 24.7. The number of likely N-dealkylation sites (tertiary alicyclic amines) is 1. The lowest BCUT2D eigenvalue weighted by atomic mass is 9.84. The second-order valence-electron chi connectivity index (χ2n) is 8.78. The standard InChI is InChI=1S/C23H19Cl2F5N2O2/c1-12(2)20(33)32-10-21(27,11-32)14-5-3-13(4-6-14)18-9-22(34-31-18,23(28,29)30)15-7-16(24)19(26)17(25)8-15/h3-8,12H,9-11H2,1-2H3/t22-/m0/s1. The van der Waals surface area contributed by atoms with Gasteiger partial charge in [-0.1, -0.05) is 66.5 Å². The minimum atomic E-state index is -4.93. The van der Waals surface area contributed by atoms with E-state index in [0.29, 0.717) is 11.1 Å². The van der Waals surface area contributed by atoms with Crippen LogP contribution in [0.15, 0.2) is 41.6 Å². The van der Waals surface area contributed by atoms with E-state index < -0.39 is 45.3 Å². The average molecular weight is 521 g/mol. The molecule has 0 spiro atoms. The molecule has 1 amide bonds. The Morgan fingerprint density at radius 2 is 1.65 bits per heavy atom. The first-order chi connectivity index (χ1) is 15.8. The lowest BCUT2D eigenvalue weighted by Crippen LogP contribution is -2.59. The number of alkyl halides is 4. The van der Waals surface area contributed by atoms with Crippen molar-refractivity contribution in [1.29, 1.82) is 0 Å². The average Bonchev–Trinajstić information content (AvgIpc) is 3.21. The fourth-order valence-corrected chi connectivity index (χ4v) is 4.56. The zero-order valence-electron chi connectivity index (χ0n) is 18.0. The molecule has 0 aliphatic carbocycles. The Kier molecular flexibility index (Phi) is 6.09. The smallest absolute Gasteiger partial charge is 0.374 e. The molecular formula is C23H19Cl2F5N2O2. The van der Waals surface area contributed by atoms with Crippen molar-refractivity contribution in [2.75, 3.05) is 13.1 Å². The van der Waals surface area contributed by atoms with Crippen molar-refractivity contribution in [3.63, 3.8) is 0 Å². The number of carbonyl (C=O) groups excluding carboxylic acids is 1. The SMILES string of the molecule is CC(C)C(=O)N1CC(F)(c2ccc(C3=NO[C@@](c4cc(Cl)c(F)c(Cl)c4)(C(F)(F)F)C3)cc2)C1. The zero-order valence-corrected chi connectivity index (χ0v) is 19.5. The van der Waals surface area contributed by atoms with Crippen LogP contribution in [0.5, 0.6) is 0 Å². The summed E-state index contributed by atoms with van der Waals surface area (Å²) < 4.78 is 71.3. The highest BCUT2D eigenvalue weighted by molar-refractivity contribution is 6.35. The Balaban J connectivity index is 1.56. The maximum atomic E-state index is 15.2. The molecule has 1 atom stereocenters. The van der Waals surface area contributed by atoms with E-state index in [1.807, 2.05) is 0 Å². The first-order valence-electron chi connectivity index (χ1n) is 10.3. The predicted molar refractivity (Wildman–Crippen MR) is 117 cm³/mol. The number of nitrogens with zero attached hydrogens (tertiary/aromatic N) is 2. The number of carbonyl (C=O) groups is 1. The molecule has 182 valence electrons. The van der Waals surface area contributed by atoms with Crippen LogP contribution >= 0.6 is 23.2 Å². The molecule has 0 N–H and O–H groups in total. The second-order valence-corrected chi connectivity index (χ2v) is 9.59. The quantitative estimate of drug-likeness (QED) is 0.346. The van der Waals surface area contributed by atoms with Crippen LogP contribution in [0.4, 0.5) is 22.0 Å². The Morgan fingerprint density at radius 3 is 2.15 bits per heavy atom. The lowest BCUT2D eigenvalue weighted by molar-refractivity contribution is -0.275. The second kappa shape index (κ2) is 8.37. The molecule has 2 aromatic rings. The molecule has 0 radical (unpaired) electrons. The molecule has 2 aliphatic heterocycles. The number of amides is 1. The van der Waals surface area contributed by atoms with Crippen molar-refractivity contribution >= 4 is 34.8 Å². The molecule has 2 aliphatic rings. The molecule has 4 nitrogen and oxygen atoms in total. The molecule has 0 saturated carbocycles. The monoisotopic (exact) mass is 520 g/mol. The van der Waals surface area contributed by atoms with E-state index in [4.69, 9.17) is 28.0 Å². The summed E-state index contributed by atoms with van der Waals surface area (Å²) in [5, 5.41) is 2.48. The van der Waals surface area contributed by atoms with Gasteiger partial charge in [0.25, 0.3) is 5.60 Å². The van der Waals surface area contributed by atoms with Crippen molar-refractivity contribution < 1.29 is 31.6 Å². The van der Waals surface area contributed by atoms with Gasteiger partial charge in [0.05, 0.1) is 28.8 Å². The van der Waals surface area contributed by atoms with Gasteiger partial charge in [-0.05, 0) is 23.3 Å². The van der Waals surface area contributed by atoms with E-state index in [2.05, 4.69) is 5.16 Å². The Labute approximate surface area is 202 Å². The van der Waals surface area contributed by atoms with Crippen LogP contribution in [-0.4, -0.2) is 35.8 Å². The summed E-state index contributed by atoms with van der Waals surface area (Å²) in [6.07, 6.45) is -5.64. The molecule has 4 rings (SSSR count). The minimum Gasteiger partial charge on any atom is -0.374 e. The van der Waals surface area contributed by atoms with Crippen LogP contribution in [0.2, 0.25) is 10.0 Å². The van der Waals surface area contributed by atoms with Crippen LogP contribution in [-0.2, 0) is 20.9 Å². The summed E-state index contributed by atoms with van der Waals surface area (Å²) in [5.41, 5.74) is -4.55. The maximum absolute atomic E-state index is 15.2. The third kappa shape index (κ3) is 4.02. The molecule has 2 aromatic carbocycles. The number of halogens is 7. The van der Waals surface area contributed by atoms with Gasteiger partial charge < -0.3 is 9.74 Å². The zero-order chi connectivity index (χ0) is 25.1. The molecular weight excluding hydrogens is 502 g/mol. The van der Waals surface area contributed by atoms with Crippen molar-refractivity contribution in [1.82, 2.24) is 4.90 Å². The molecule has 11 heteroatoms. The van der Waals surface area contributed by atoms with Gasteiger partial charge in [0, 0.05) is 17.9 Å². The Morgan fingerprint density at radius 1 is 1.09 bits per heavy atom. The number of rotatable bonds is 4. The molecule has 1 saturated heterocycles. The van der Waals surface area contributed by atoms with E-state index in [1.165, 1.54) is 29.2 Å². The fraction of sp³-hybridized carbons (Fsp3) is 0.391. The highest BCUT2D eigenvalue weighted by atomic mass is 35.5. The van der Waals surface area contributed by atoms with Crippen LogP contribution in [0.25, 0.3) is 0 Å². The summed E-state index contributed by atoms with van der Waals surface area (Å²) in [4.78, 5) is 18.3. The molecule has 0 bridgehead atoms. The number of hydrogen-bond acceptors (Lipinski definition) is 3. The van der Waals surface area contributed by atoms with Gasteiger partial charge in [0.1, 0.15) is 0 Å². The third-order valence-corrected chi connectivity index (χ3v) is 6.61. The summed E-state index contributed by atoms with van der Waals surface area (Å²) in [5.74, 6) is -1.43. The minimum absolute atomic E-state index is 0.0291. The molecule has 0 unspecified atom stereocenters. The van der Waals surface area contributed by atoms with Crippen molar-refractivity contribution in [2.24, 2.45) is 11.1 Å². The van der Waals surface area contributed by atoms with Gasteiger partial charge in [-0.2, -0.15) is 13.2 Å². The Bertz CT molecular complexity index is 1140. The van der Waals surface area contributed by atoms with E-state index in [1.54, 1.807) is 13.8 Å². The fourth-order valence-electron chi connectivity index (χ4n) is 4.07. The van der Waals surface area contributed by atoms with Crippen molar-refractivity contribution in [3.8, 4) is 0 Å². The highest BCUT2D eigenvalue weighted by Crippen LogP contribution is 2.50. The summed E-state index contributed by atoms with van der Waals surface area (Å²) in [6.45, 7) is 3.29. The largest absolute Gasteiger partial charge is 0.435 e. The van der Waals surface area contributed by atoms with Gasteiger partial charge in [-0.15, -0.1) is 0 Å². The van der Waals surface area contributed by atoms with Gasteiger partial charge in [-0.25, -0.2) is 8.78 Å². The highest BCUT2D eigenvalue weighted by Gasteiger charge is 2.62. The van der Waals surface area contributed by atoms with Gasteiger partial charge in [-0.3, -0.25) is 4.79 Å². The lowest BCUT2D eigenvalue weighted by Gasteiger charge is -2.45. The number of oxime groups is 1. The van der Waals surface area contributed by atoms with Crippen LogP contribution in [0.3, 0.4) is 0 Å². The summed E-state index contributed by atoms with van der Waals surface area (Å²) in [6, 6.07) is 7.42. The van der Waals surface area contributed by atoms with Gasteiger partial charge in [0.2, 0.25) is 5.91 Å².